The molecule has 0 spiro atoms. The van der Waals surface area contributed by atoms with Crippen LogP contribution in [0.15, 0.2) is 47.4 Å². The molecule has 9 heteroatoms. The number of hydrogen-bond donors (Lipinski definition) is 1. The fourth-order valence-electron chi connectivity index (χ4n) is 2.14. The number of aromatic nitrogens is 1. The van der Waals surface area contributed by atoms with Gasteiger partial charge in [-0.05, 0) is 30.3 Å². The predicted octanol–water partition coefficient (Wildman–Crippen LogP) is 2.94. The molecule has 3 aromatic rings. The SMILES string of the molecule is CN(C)S(=O)(=O)c1ccc(F)c(C(=O)Nc2nc3ccccc3s2)c1. The number of amides is 1. The highest BCUT2D eigenvalue weighted by Gasteiger charge is 2.22. The first-order valence-electron chi connectivity index (χ1n) is 7.18. The van der Waals surface area contributed by atoms with Gasteiger partial charge >= 0.3 is 0 Å². The number of benzene rings is 2. The number of nitrogens with zero attached hydrogens (tertiary/aromatic N) is 2. The van der Waals surface area contributed by atoms with E-state index in [0.717, 1.165) is 27.2 Å². The quantitative estimate of drug-likeness (QED) is 0.756. The van der Waals surface area contributed by atoms with Crippen LogP contribution >= 0.6 is 11.3 Å². The highest BCUT2D eigenvalue weighted by Crippen LogP contribution is 2.26. The molecule has 0 bridgehead atoms. The second-order valence-corrected chi connectivity index (χ2v) is 8.55. The van der Waals surface area contributed by atoms with Crippen molar-refractivity contribution in [2.75, 3.05) is 19.4 Å². The van der Waals surface area contributed by atoms with Gasteiger partial charge in [-0.25, -0.2) is 22.1 Å². The molecule has 0 aliphatic rings. The molecule has 0 atom stereocenters. The van der Waals surface area contributed by atoms with Crippen LogP contribution in [-0.2, 0) is 10.0 Å². The number of sulfonamides is 1. The molecular weight excluding hydrogens is 365 g/mol. The maximum absolute atomic E-state index is 14.0. The van der Waals surface area contributed by atoms with Crippen molar-refractivity contribution in [2.24, 2.45) is 0 Å². The summed E-state index contributed by atoms with van der Waals surface area (Å²) in [5, 5.41) is 2.83. The van der Waals surface area contributed by atoms with E-state index in [0.29, 0.717) is 10.6 Å². The molecule has 0 saturated heterocycles. The molecule has 6 nitrogen and oxygen atoms in total. The molecule has 0 radical (unpaired) electrons. The minimum Gasteiger partial charge on any atom is -0.298 e. The zero-order chi connectivity index (χ0) is 18.2. The van der Waals surface area contributed by atoms with E-state index in [-0.39, 0.29) is 10.5 Å². The van der Waals surface area contributed by atoms with Crippen molar-refractivity contribution in [3.63, 3.8) is 0 Å². The van der Waals surface area contributed by atoms with E-state index in [1.165, 1.54) is 25.4 Å². The Labute approximate surface area is 148 Å². The van der Waals surface area contributed by atoms with E-state index < -0.39 is 21.7 Å². The van der Waals surface area contributed by atoms with Gasteiger partial charge in [-0.15, -0.1) is 0 Å². The Bertz CT molecular complexity index is 1030. The van der Waals surface area contributed by atoms with Crippen LogP contribution in [0.3, 0.4) is 0 Å². The largest absolute Gasteiger partial charge is 0.298 e. The molecule has 1 N–H and O–H groups in total. The molecule has 0 unspecified atom stereocenters. The average molecular weight is 379 g/mol. The zero-order valence-corrected chi connectivity index (χ0v) is 15.0. The predicted molar refractivity (Wildman–Crippen MR) is 94.8 cm³/mol. The Hall–Kier alpha value is -2.36. The van der Waals surface area contributed by atoms with Gasteiger partial charge in [0, 0.05) is 14.1 Å². The number of thiazole rings is 1. The van der Waals surface area contributed by atoms with Crippen LogP contribution in [0, 0.1) is 5.82 Å². The lowest BCUT2D eigenvalue weighted by Gasteiger charge is -2.12. The first-order valence-corrected chi connectivity index (χ1v) is 9.43. The van der Waals surface area contributed by atoms with Crippen molar-refractivity contribution in [1.29, 1.82) is 0 Å². The lowest BCUT2D eigenvalue weighted by atomic mass is 10.2. The first kappa shape index (κ1) is 17.5. The van der Waals surface area contributed by atoms with Gasteiger partial charge < -0.3 is 0 Å². The van der Waals surface area contributed by atoms with Crippen molar-refractivity contribution in [3.8, 4) is 0 Å². The van der Waals surface area contributed by atoms with E-state index in [1.807, 2.05) is 18.2 Å². The Kier molecular flexibility index (Phi) is 4.55. The third-order valence-electron chi connectivity index (χ3n) is 3.48. The summed E-state index contributed by atoms with van der Waals surface area (Å²) in [7, 11) is -1.05. The molecule has 25 heavy (non-hydrogen) atoms. The standard InChI is InChI=1S/C16H14FN3O3S2/c1-20(2)25(22,23)10-7-8-12(17)11(9-10)15(21)19-16-18-13-5-3-4-6-14(13)24-16/h3-9H,1-2H3,(H,18,19,21). The van der Waals surface area contributed by atoms with Crippen LogP contribution < -0.4 is 5.32 Å². The van der Waals surface area contributed by atoms with Gasteiger partial charge in [0.25, 0.3) is 5.91 Å². The van der Waals surface area contributed by atoms with Crippen LogP contribution in [0.1, 0.15) is 10.4 Å². The Morgan fingerprint density at radius 1 is 1.20 bits per heavy atom. The Balaban J connectivity index is 1.94. The molecule has 0 saturated carbocycles. The van der Waals surface area contributed by atoms with Gasteiger partial charge in [0.1, 0.15) is 5.82 Å². The number of fused-ring (bicyclic) bond motifs is 1. The fraction of sp³-hybridized carbons (Fsp3) is 0.125. The number of nitrogens with one attached hydrogen (secondary N) is 1. The molecule has 1 heterocycles. The average Bonchev–Trinajstić information content (AvgIpc) is 2.96. The highest BCUT2D eigenvalue weighted by molar-refractivity contribution is 7.89. The summed E-state index contributed by atoms with van der Waals surface area (Å²) >= 11 is 1.25. The van der Waals surface area contributed by atoms with E-state index >= 15 is 0 Å². The minimum absolute atomic E-state index is 0.159. The van der Waals surface area contributed by atoms with Crippen LogP contribution in [0.4, 0.5) is 9.52 Å². The highest BCUT2D eigenvalue weighted by atomic mass is 32.2. The summed E-state index contributed by atoms with van der Waals surface area (Å²) in [6, 6.07) is 10.4. The number of para-hydroxylation sites is 1. The fourth-order valence-corrected chi connectivity index (χ4v) is 3.93. The second-order valence-electron chi connectivity index (χ2n) is 5.37. The second kappa shape index (κ2) is 6.51. The summed E-state index contributed by atoms with van der Waals surface area (Å²) < 4.78 is 40.2. The normalized spacial score (nSPS) is 11.8. The summed E-state index contributed by atoms with van der Waals surface area (Å²) in [6.07, 6.45) is 0. The topological polar surface area (TPSA) is 79.4 Å². The van der Waals surface area contributed by atoms with Crippen LogP contribution in [0.5, 0.6) is 0 Å². The van der Waals surface area contributed by atoms with E-state index in [4.69, 9.17) is 0 Å². The Morgan fingerprint density at radius 2 is 1.92 bits per heavy atom. The summed E-state index contributed by atoms with van der Waals surface area (Å²) in [6.45, 7) is 0. The molecule has 130 valence electrons. The third kappa shape index (κ3) is 3.39. The Morgan fingerprint density at radius 3 is 2.60 bits per heavy atom. The van der Waals surface area contributed by atoms with E-state index in [2.05, 4.69) is 10.3 Å². The van der Waals surface area contributed by atoms with Crippen molar-refractivity contribution in [1.82, 2.24) is 9.29 Å². The van der Waals surface area contributed by atoms with Gasteiger partial charge in [-0.1, -0.05) is 23.5 Å². The summed E-state index contributed by atoms with van der Waals surface area (Å²) in [5.41, 5.74) is 0.356. The molecule has 0 fully saturated rings. The number of anilines is 1. The number of rotatable bonds is 4. The number of carbonyl (C=O) groups is 1. The van der Waals surface area contributed by atoms with Crippen molar-refractivity contribution in [2.45, 2.75) is 4.90 Å². The minimum atomic E-state index is -3.77. The molecule has 3 rings (SSSR count). The van der Waals surface area contributed by atoms with Gasteiger partial charge in [-0.2, -0.15) is 0 Å². The molecule has 0 aliphatic heterocycles. The maximum Gasteiger partial charge on any atom is 0.260 e. The van der Waals surface area contributed by atoms with E-state index in [1.54, 1.807) is 6.07 Å². The van der Waals surface area contributed by atoms with Crippen LogP contribution in [0.25, 0.3) is 10.2 Å². The smallest absolute Gasteiger partial charge is 0.260 e. The molecule has 1 aromatic heterocycles. The first-order chi connectivity index (χ1) is 11.8. The van der Waals surface area contributed by atoms with Gasteiger partial charge in [0.15, 0.2) is 5.13 Å². The van der Waals surface area contributed by atoms with E-state index in [9.17, 15) is 17.6 Å². The van der Waals surface area contributed by atoms with Crippen molar-refractivity contribution >= 4 is 42.6 Å². The molecule has 1 amide bonds. The third-order valence-corrected chi connectivity index (χ3v) is 6.24. The monoisotopic (exact) mass is 379 g/mol. The number of carbonyl (C=O) groups excluding carboxylic acids is 1. The molecule has 2 aromatic carbocycles. The summed E-state index contributed by atoms with van der Waals surface area (Å²) in [5.74, 6) is -1.57. The van der Waals surface area contributed by atoms with Crippen LogP contribution in [-0.4, -0.2) is 37.7 Å². The lowest BCUT2D eigenvalue weighted by molar-refractivity contribution is 0.102. The lowest BCUT2D eigenvalue weighted by Crippen LogP contribution is -2.23. The number of hydrogen-bond acceptors (Lipinski definition) is 5. The van der Waals surface area contributed by atoms with Crippen LogP contribution in [0.2, 0.25) is 0 Å². The summed E-state index contributed by atoms with van der Waals surface area (Å²) in [4.78, 5) is 16.5. The van der Waals surface area contributed by atoms with Crippen molar-refractivity contribution < 1.29 is 17.6 Å². The van der Waals surface area contributed by atoms with Gasteiger partial charge in [0.2, 0.25) is 10.0 Å². The van der Waals surface area contributed by atoms with Gasteiger partial charge in [0.05, 0.1) is 20.7 Å². The zero-order valence-electron chi connectivity index (χ0n) is 13.4. The number of halogens is 1. The molecular formula is C16H14FN3O3S2. The van der Waals surface area contributed by atoms with Gasteiger partial charge in [-0.3, -0.25) is 10.1 Å². The maximum atomic E-state index is 14.0. The van der Waals surface area contributed by atoms with Crippen molar-refractivity contribution in [3.05, 3.63) is 53.8 Å². The molecule has 0 aliphatic carbocycles.